The molecule has 1 amide bonds. The Bertz CT molecular complexity index is 576. The van der Waals surface area contributed by atoms with Crippen molar-refractivity contribution < 1.29 is 19.4 Å². The number of aliphatic carboxylic acids is 1. The quantitative estimate of drug-likeness (QED) is 0.909. The van der Waals surface area contributed by atoms with E-state index in [4.69, 9.17) is 4.74 Å². The molecule has 2 rings (SSSR count). The van der Waals surface area contributed by atoms with Gasteiger partial charge in [0.05, 0.1) is 18.5 Å². The number of hydrogen-bond donors (Lipinski definition) is 1. The Morgan fingerprint density at radius 1 is 1.33 bits per heavy atom. The zero-order valence-electron chi connectivity index (χ0n) is 12.8. The monoisotopic (exact) mass is 291 g/mol. The predicted molar refractivity (Wildman–Crippen MR) is 77.8 cm³/mol. The summed E-state index contributed by atoms with van der Waals surface area (Å²) in [4.78, 5) is 25.2. The van der Waals surface area contributed by atoms with E-state index in [1.54, 1.807) is 27.7 Å². The van der Waals surface area contributed by atoms with Crippen molar-refractivity contribution in [3.8, 4) is 0 Å². The van der Waals surface area contributed by atoms with Gasteiger partial charge in [-0.15, -0.1) is 0 Å². The lowest BCUT2D eigenvalue weighted by atomic mass is 9.88. The molecule has 1 atom stereocenters. The van der Waals surface area contributed by atoms with Gasteiger partial charge in [0.25, 0.3) is 0 Å². The first-order chi connectivity index (χ1) is 9.63. The third-order valence-electron chi connectivity index (χ3n) is 3.63. The number of carbonyl (C=O) groups excluding carboxylic acids is 1. The van der Waals surface area contributed by atoms with Crippen LogP contribution in [0.4, 0.5) is 4.79 Å². The van der Waals surface area contributed by atoms with Gasteiger partial charge in [0.15, 0.2) is 0 Å². The Morgan fingerprint density at radius 2 is 1.95 bits per heavy atom. The number of carbonyl (C=O) groups is 2. The van der Waals surface area contributed by atoms with Gasteiger partial charge < -0.3 is 9.84 Å². The highest BCUT2D eigenvalue weighted by Gasteiger charge is 2.46. The molecule has 0 saturated heterocycles. The van der Waals surface area contributed by atoms with Crippen molar-refractivity contribution in [2.45, 2.75) is 51.8 Å². The molecule has 21 heavy (non-hydrogen) atoms. The fourth-order valence-corrected chi connectivity index (χ4v) is 2.74. The van der Waals surface area contributed by atoms with Crippen LogP contribution in [0.5, 0.6) is 0 Å². The van der Waals surface area contributed by atoms with Crippen molar-refractivity contribution in [3.63, 3.8) is 0 Å². The molecule has 0 saturated carbocycles. The van der Waals surface area contributed by atoms with Gasteiger partial charge in [-0.1, -0.05) is 24.3 Å². The Morgan fingerprint density at radius 3 is 2.52 bits per heavy atom. The number of fused-ring (bicyclic) bond motifs is 1. The van der Waals surface area contributed by atoms with Crippen molar-refractivity contribution in [2.75, 3.05) is 0 Å². The number of ether oxygens (including phenoxy) is 1. The third-order valence-corrected chi connectivity index (χ3v) is 3.63. The van der Waals surface area contributed by atoms with Crippen LogP contribution in [-0.2, 0) is 21.6 Å². The number of nitrogens with zero attached hydrogens (tertiary/aromatic N) is 1. The Labute approximate surface area is 124 Å². The molecule has 1 N–H and O–H groups in total. The van der Waals surface area contributed by atoms with Crippen molar-refractivity contribution in [3.05, 3.63) is 35.4 Å². The molecule has 0 aliphatic carbocycles. The molecule has 0 bridgehead atoms. The van der Waals surface area contributed by atoms with Crippen molar-refractivity contribution in [2.24, 2.45) is 0 Å². The normalized spacial score (nSPS) is 21.0. The summed E-state index contributed by atoms with van der Waals surface area (Å²) in [5, 5.41) is 9.22. The fraction of sp³-hybridized carbons (Fsp3) is 0.500. The number of benzene rings is 1. The number of carboxylic acids is 1. The number of carboxylic acid groups (broad SMARTS) is 1. The summed E-state index contributed by atoms with van der Waals surface area (Å²) >= 11 is 0. The van der Waals surface area contributed by atoms with Gasteiger partial charge in [-0.3, -0.25) is 9.69 Å². The SMILES string of the molecule is CC(C)(C)OC(=O)N1Cc2ccccc2C1(C)CC(=O)O. The van der Waals surface area contributed by atoms with Crippen molar-refractivity contribution >= 4 is 12.1 Å². The van der Waals surface area contributed by atoms with E-state index in [0.29, 0.717) is 6.54 Å². The maximum atomic E-state index is 12.4. The van der Waals surface area contributed by atoms with E-state index >= 15 is 0 Å². The van der Waals surface area contributed by atoms with Gasteiger partial charge in [0.1, 0.15) is 5.60 Å². The summed E-state index contributed by atoms with van der Waals surface area (Å²) in [7, 11) is 0. The highest BCUT2D eigenvalue weighted by Crippen LogP contribution is 2.42. The standard InChI is InChI=1S/C16H21NO4/c1-15(2,3)21-14(20)17-10-11-7-5-6-8-12(11)16(17,4)9-13(18)19/h5-8H,9-10H2,1-4H3,(H,18,19). The van der Waals surface area contributed by atoms with E-state index in [-0.39, 0.29) is 6.42 Å². The van der Waals surface area contributed by atoms with Gasteiger partial charge in [0, 0.05) is 0 Å². The van der Waals surface area contributed by atoms with Crippen LogP contribution in [0.25, 0.3) is 0 Å². The Kier molecular flexibility index (Phi) is 3.70. The molecular weight excluding hydrogens is 270 g/mol. The molecule has 0 radical (unpaired) electrons. The molecule has 1 unspecified atom stereocenters. The third kappa shape index (κ3) is 3.01. The molecule has 0 aromatic heterocycles. The molecule has 1 aromatic rings. The van der Waals surface area contributed by atoms with Crippen molar-refractivity contribution in [1.82, 2.24) is 4.90 Å². The summed E-state index contributed by atoms with van der Waals surface area (Å²) in [5.74, 6) is -0.942. The topological polar surface area (TPSA) is 66.8 Å². The minimum Gasteiger partial charge on any atom is -0.481 e. The van der Waals surface area contributed by atoms with Crippen LogP contribution in [0.3, 0.4) is 0 Å². The molecule has 5 nitrogen and oxygen atoms in total. The largest absolute Gasteiger partial charge is 0.481 e. The lowest BCUT2D eigenvalue weighted by molar-refractivity contribution is -0.140. The molecule has 0 spiro atoms. The average molecular weight is 291 g/mol. The molecule has 114 valence electrons. The van der Waals surface area contributed by atoms with E-state index in [1.165, 1.54) is 4.90 Å². The molecule has 1 aliphatic rings. The zero-order chi connectivity index (χ0) is 15.8. The van der Waals surface area contributed by atoms with Crippen LogP contribution in [-0.4, -0.2) is 27.7 Å². The number of rotatable bonds is 2. The molecular formula is C16H21NO4. The van der Waals surface area contributed by atoms with Crippen LogP contribution in [0, 0.1) is 0 Å². The van der Waals surface area contributed by atoms with E-state index in [9.17, 15) is 14.7 Å². The maximum absolute atomic E-state index is 12.4. The predicted octanol–water partition coefficient (Wildman–Crippen LogP) is 3.13. The first-order valence-electron chi connectivity index (χ1n) is 6.94. The van der Waals surface area contributed by atoms with Crippen molar-refractivity contribution in [1.29, 1.82) is 0 Å². The summed E-state index contributed by atoms with van der Waals surface area (Å²) in [6, 6.07) is 7.54. The van der Waals surface area contributed by atoms with Crippen LogP contribution in [0.1, 0.15) is 45.2 Å². The van der Waals surface area contributed by atoms with Crippen LogP contribution < -0.4 is 0 Å². The zero-order valence-corrected chi connectivity index (χ0v) is 12.8. The summed E-state index contributed by atoms with van der Waals surface area (Å²) in [5.41, 5.74) is 0.339. The minimum absolute atomic E-state index is 0.150. The van der Waals surface area contributed by atoms with Gasteiger partial charge >= 0.3 is 12.1 Å². The van der Waals surface area contributed by atoms with Gasteiger partial charge in [-0.05, 0) is 38.8 Å². The molecule has 0 fully saturated rings. The smallest absolute Gasteiger partial charge is 0.411 e. The van der Waals surface area contributed by atoms with E-state index in [2.05, 4.69) is 0 Å². The van der Waals surface area contributed by atoms with Crippen LogP contribution in [0.2, 0.25) is 0 Å². The summed E-state index contributed by atoms with van der Waals surface area (Å²) < 4.78 is 5.42. The van der Waals surface area contributed by atoms with Crippen LogP contribution >= 0.6 is 0 Å². The molecule has 1 aromatic carbocycles. The summed E-state index contributed by atoms with van der Waals surface area (Å²) in [6.45, 7) is 7.53. The second kappa shape index (κ2) is 5.06. The van der Waals surface area contributed by atoms with Gasteiger partial charge in [-0.25, -0.2) is 4.79 Å². The number of amides is 1. The first-order valence-corrected chi connectivity index (χ1v) is 6.94. The van der Waals surface area contributed by atoms with E-state index in [0.717, 1.165) is 11.1 Å². The second-order valence-electron chi connectivity index (χ2n) is 6.57. The molecule has 1 aliphatic heterocycles. The molecule has 5 heteroatoms. The minimum atomic E-state index is -0.942. The average Bonchev–Trinajstić information content (AvgIpc) is 2.60. The second-order valence-corrected chi connectivity index (χ2v) is 6.57. The number of hydrogen-bond acceptors (Lipinski definition) is 3. The summed E-state index contributed by atoms with van der Waals surface area (Å²) in [6.07, 6.45) is -0.633. The van der Waals surface area contributed by atoms with E-state index < -0.39 is 23.2 Å². The van der Waals surface area contributed by atoms with E-state index in [1.807, 2.05) is 24.3 Å². The fourth-order valence-electron chi connectivity index (χ4n) is 2.74. The van der Waals surface area contributed by atoms with Gasteiger partial charge in [0.2, 0.25) is 0 Å². The lowest BCUT2D eigenvalue weighted by Crippen LogP contribution is -2.46. The Balaban J connectivity index is 2.38. The Hall–Kier alpha value is -2.04. The van der Waals surface area contributed by atoms with Gasteiger partial charge in [-0.2, -0.15) is 0 Å². The lowest BCUT2D eigenvalue weighted by Gasteiger charge is -2.36. The first kappa shape index (κ1) is 15.4. The maximum Gasteiger partial charge on any atom is 0.411 e. The highest BCUT2D eigenvalue weighted by atomic mass is 16.6. The van der Waals surface area contributed by atoms with Crippen LogP contribution in [0.15, 0.2) is 24.3 Å². The highest BCUT2D eigenvalue weighted by molar-refractivity contribution is 5.75. The molecule has 1 heterocycles.